The number of amides is 1. The zero-order chi connectivity index (χ0) is 13.0. The minimum atomic E-state index is -0.169. The quantitative estimate of drug-likeness (QED) is 0.907. The Bertz CT molecular complexity index is 555. The fourth-order valence-electron chi connectivity index (χ4n) is 1.52. The molecule has 0 spiro atoms. The predicted octanol–water partition coefficient (Wildman–Crippen LogP) is 3.92. The molecule has 4 heteroatoms. The molecule has 0 heterocycles. The molecule has 0 aromatic heterocycles. The van der Waals surface area contributed by atoms with Gasteiger partial charge in [0.1, 0.15) is 0 Å². The largest absolute Gasteiger partial charge is 0.348 e. The van der Waals surface area contributed by atoms with Gasteiger partial charge in [-0.15, -0.1) is 0 Å². The molecule has 1 amide bonds. The Labute approximate surface area is 116 Å². The van der Waals surface area contributed by atoms with E-state index in [4.69, 9.17) is 23.2 Å². The lowest BCUT2D eigenvalue weighted by Gasteiger charge is -2.06. The van der Waals surface area contributed by atoms with E-state index in [1.807, 2.05) is 30.3 Å². The van der Waals surface area contributed by atoms with Crippen LogP contribution in [0.25, 0.3) is 0 Å². The second-order valence-corrected chi connectivity index (χ2v) is 4.61. The predicted molar refractivity (Wildman–Crippen MR) is 74.1 cm³/mol. The van der Waals surface area contributed by atoms with Gasteiger partial charge in [-0.25, -0.2) is 0 Å². The maximum atomic E-state index is 11.9. The van der Waals surface area contributed by atoms with Crippen molar-refractivity contribution in [1.82, 2.24) is 5.32 Å². The third-order valence-electron chi connectivity index (χ3n) is 2.48. The van der Waals surface area contributed by atoms with Crippen molar-refractivity contribution in [2.45, 2.75) is 6.54 Å². The van der Waals surface area contributed by atoms with Crippen LogP contribution in [0.15, 0.2) is 48.5 Å². The number of hydrogen-bond acceptors (Lipinski definition) is 1. The van der Waals surface area contributed by atoms with E-state index < -0.39 is 0 Å². The van der Waals surface area contributed by atoms with Gasteiger partial charge < -0.3 is 5.32 Å². The zero-order valence-corrected chi connectivity index (χ0v) is 11.0. The van der Waals surface area contributed by atoms with E-state index in [-0.39, 0.29) is 5.91 Å². The first-order valence-electron chi connectivity index (χ1n) is 5.44. The zero-order valence-electron chi connectivity index (χ0n) is 9.49. The van der Waals surface area contributed by atoms with E-state index in [2.05, 4.69) is 5.32 Å². The second-order valence-electron chi connectivity index (χ2n) is 3.80. The first kappa shape index (κ1) is 12.9. The normalized spacial score (nSPS) is 10.1. The van der Waals surface area contributed by atoms with E-state index in [0.717, 1.165) is 5.56 Å². The minimum absolute atomic E-state index is 0.169. The maximum absolute atomic E-state index is 11.9. The van der Waals surface area contributed by atoms with Gasteiger partial charge in [0.2, 0.25) is 0 Å². The molecule has 0 aliphatic heterocycles. The summed E-state index contributed by atoms with van der Waals surface area (Å²) in [6, 6.07) is 14.5. The molecule has 2 aromatic carbocycles. The van der Waals surface area contributed by atoms with E-state index in [9.17, 15) is 4.79 Å². The Hall–Kier alpha value is -1.51. The fourth-order valence-corrected chi connectivity index (χ4v) is 1.82. The van der Waals surface area contributed by atoms with Gasteiger partial charge in [-0.1, -0.05) is 53.5 Å². The van der Waals surface area contributed by atoms with Crippen molar-refractivity contribution in [3.8, 4) is 0 Å². The SMILES string of the molecule is O=C(NCc1ccccc1)c1ccc(Cl)c(Cl)c1. The molecule has 2 rings (SSSR count). The molecule has 0 saturated heterocycles. The van der Waals surface area contributed by atoms with Crippen molar-refractivity contribution in [3.63, 3.8) is 0 Å². The summed E-state index contributed by atoms with van der Waals surface area (Å²) in [7, 11) is 0. The molecule has 0 aliphatic rings. The Balaban J connectivity index is 2.02. The Morgan fingerprint density at radius 2 is 1.72 bits per heavy atom. The highest BCUT2D eigenvalue weighted by Crippen LogP contribution is 2.22. The van der Waals surface area contributed by atoms with Gasteiger partial charge in [0.05, 0.1) is 10.0 Å². The van der Waals surface area contributed by atoms with E-state index >= 15 is 0 Å². The van der Waals surface area contributed by atoms with Crippen LogP contribution in [0.3, 0.4) is 0 Å². The molecule has 0 fully saturated rings. The molecule has 1 N–H and O–H groups in total. The third-order valence-corrected chi connectivity index (χ3v) is 3.22. The van der Waals surface area contributed by atoms with Crippen molar-refractivity contribution in [1.29, 1.82) is 0 Å². The van der Waals surface area contributed by atoms with Crippen LogP contribution >= 0.6 is 23.2 Å². The summed E-state index contributed by atoms with van der Waals surface area (Å²) in [5.74, 6) is -0.169. The van der Waals surface area contributed by atoms with Gasteiger partial charge in [-0.05, 0) is 23.8 Å². The number of halogens is 2. The second kappa shape index (κ2) is 5.89. The van der Waals surface area contributed by atoms with Crippen LogP contribution < -0.4 is 5.32 Å². The van der Waals surface area contributed by atoms with Crippen molar-refractivity contribution < 1.29 is 4.79 Å². The number of rotatable bonds is 3. The van der Waals surface area contributed by atoms with E-state index in [1.165, 1.54) is 0 Å². The average Bonchev–Trinajstić information content (AvgIpc) is 2.40. The third kappa shape index (κ3) is 3.25. The first-order chi connectivity index (χ1) is 8.66. The number of hydrogen-bond donors (Lipinski definition) is 1. The van der Waals surface area contributed by atoms with Crippen LogP contribution in [0.5, 0.6) is 0 Å². The Morgan fingerprint density at radius 3 is 2.39 bits per heavy atom. The molecule has 2 aromatic rings. The van der Waals surface area contributed by atoms with Crippen molar-refractivity contribution >= 4 is 29.1 Å². The van der Waals surface area contributed by atoms with E-state index in [0.29, 0.717) is 22.2 Å². The minimum Gasteiger partial charge on any atom is -0.348 e. The Morgan fingerprint density at radius 1 is 1.00 bits per heavy atom. The maximum Gasteiger partial charge on any atom is 0.251 e. The van der Waals surface area contributed by atoms with Crippen LogP contribution in [0.2, 0.25) is 10.0 Å². The van der Waals surface area contributed by atoms with Crippen LogP contribution in [-0.2, 0) is 6.54 Å². The fraction of sp³-hybridized carbons (Fsp3) is 0.0714. The monoisotopic (exact) mass is 279 g/mol. The van der Waals surface area contributed by atoms with Crippen LogP contribution in [0.1, 0.15) is 15.9 Å². The highest BCUT2D eigenvalue weighted by molar-refractivity contribution is 6.42. The highest BCUT2D eigenvalue weighted by Gasteiger charge is 2.07. The summed E-state index contributed by atoms with van der Waals surface area (Å²) < 4.78 is 0. The standard InChI is InChI=1S/C14H11Cl2NO/c15-12-7-6-11(8-13(12)16)14(18)17-9-10-4-2-1-3-5-10/h1-8H,9H2,(H,17,18). The molecule has 92 valence electrons. The van der Waals surface area contributed by atoms with Crippen LogP contribution in [-0.4, -0.2) is 5.91 Å². The smallest absolute Gasteiger partial charge is 0.251 e. The van der Waals surface area contributed by atoms with Crippen molar-refractivity contribution in [2.75, 3.05) is 0 Å². The molecule has 2 nitrogen and oxygen atoms in total. The van der Waals surface area contributed by atoms with Gasteiger partial charge in [0.25, 0.3) is 5.91 Å². The topological polar surface area (TPSA) is 29.1 Å². The summed E-state index contributed by atoms with van der Waals surface area (Å²) in [4.78, 5) is 11.9. The first-order valence-corrected chi connectivity index (χ1v) is 6.19. The number of carbonyl (C=O) groups is 1. The number of nitrogens with one attached hydrogen (secondary N) is 1. The van der Waals surface area contributed by atoms with Crippen molar-refractivity contribution in [2.24, 2.45) is 0 Å². The van der Waals surface area contributed by atoms with Gasteiger partial charge in [-0.3, -0.25) is 4.79 Å². The molecular weight excluding hydrogens is 269 g/mol. The molecule has 18 heavy (non-hydrogen) atoms. The molecule has 0 saturated carbocycles. The molecule has 0 radical (unpaired) electrons. The van der Waals surface area contributed by atoms with E-state index in [1.54, 1.807) is 18.2 Å². The highest BCUT2D eigenvalue weighted by atomic mass is 35.5. The summed E-state index contributed by atoms with van der Waals surface area (Å²) in [6.45, 7) is 0.486. The van der Waals surface area contributed by atoms with Gasteiger partial charge in [0, 0.05) is 12.1 Å². The summed E-state index contributed by atoms with van der Waals surface area (Å²) >= 11 is 11.7. The number of carbonyl (C=O) groups excluding carboxylic acids is 1. The lowest BCUT2D eigenvalue weighted by atomic mass is 10.2. The van der Waals surface area contributed by atoms with Gasteiger partial charge in [-0.2, -0.15) is 0 Å². The van der Waals surface area contributed by atoms with Crippen LogP contribution in [0, 0.1) is 0 Å². The molecule has 0 aliphatic carbocycles. The molecule has 0 bridgehead atoms. The summed E-state index contributed by atoms with van der Waals surface area (Å²) in [5, 5.41) is 3.64. The Kier molecular flexibility index (Phi) is 4.24. The van der Waals surface area contributed by atoms with Gasteiger partial charge >= 0.3 is 0 Å². The average molecular weight is 280 g/mol. The molecule has 0 unspecified atom stereocenters. The van der Waals surface area contributed by atoms with Crippen LogP contribution in [0.4, 0.5) is 0 Å². The number of benzene rings is 2. The lowest BCUT2D eigenvalue weighted by Crippen LogP contribution is -2.22. The van der Waals surface area contributed by atoms with Gasteiger partial charge in [0.15, 0.2) is 0 Å². The van der Waals surface area contributed by atoms with Crippen molar-refractivity contribution in [3.05, 3.63) is 69.7 Å². The molecular formula is C14H11Cl2NO. The summed E-state index contributed by atoms with van der Waals surface area (Å²) in [5.41, 5.74) is 1.55. The summed E-state index contributed by atoms with van der Waals surface area (Å²) in [6.07, 6.45) is 0. The lowest BCUT2D eigenvalue weighted by molar-refractivity contribution is 0.0951. The molecule has 0 atom stereocenters.